The lowest BCUT2D eigenvalue weighted by Crippen LogP contribution is -2.25. The van der Waals surface area contributed by atoms with E-state index < -0.39 is 0 Å². The average molecular weight is 238 g/mol. The van der Waals surface area contributed by atoms with Crippen molar-refractivity contribution in [2.24, 2.45) is 0 Å². The molecule has 16 heavy (non-hydrogen) atoms. The number of benzene rings is 1. The summed E-state index contributed by atoms with van der Waals surface area (Å²) in [7, 11) is 0. The van der Waals surface area contributed by atoms with E-state index >= 15 is 0 Å². The molecule has 1 N–H and O–H groups in total. The first-order chi connectivity index (χ1) is 7.84. The van der Waals surface area contributed by atoms with Crippen molar-refractivity contribution in [1.29, 1.82) is 0 Å². The van der Waals surface area contributed by atoms with E-state index in [1.54, 1.807) is 0 Å². The highest BCUT2D eigenvalue weighted by Crippen LogP contribution is 2.39. The maximum Gasteiger partial charge on any atom is 0.0645 e. The van der Waals surface area contributed by atoms with E-state index in [4.69, 9.17) is 16.3 Å². The van der Waals surface area contributed by atoms with Gasteiger partial charge in [-0.15, -0.1) is 0 Å². The van der Waals surface area contributed by atoms with Gasteiger partial charge in [0.05, 0.1) is 6.10 Å². The van der Waals surface area contributed by atoms with Crippen LogP contribution < -0.4 is 5.32 Å². The third-order valence-electron chi connectivity index (χ3n) is 3.60. The van der Waals surface area contributed by atoms with Gasteiger partial charge in [0.15, 0.2) is 0 Å². The fourth-order valence-electron chi connectivity index (χ4n) is 2.83. The minimum Gasteiger partial charge on any atom is -0.385 e. The maximum absolute atomic E-state index is 6.08. The van der Waals surface area contributed by atoms with E-state index in [0.29, 0.717) is 12.0 Å². The fourth-order valence-corrected chi connectivity index (χ4v) is 3.01. The predicted octanol–water partition coefficient (Wildman–Crippen LogP) is 3.42. The van der Waals surface area contributed by atoms with Crippen molar-refractivity contribution in [3.63, 3.8) is 0 Å². The zero-order valence-corrected chi connectivity index (χ0v) is 9.96. The van der Waals surface area contributed by atoms with Crippen molar-refractivity contribution in [2.75, 3.05) is 18.5 Å². The molecule has 0 amide bonds. The van der Waals surface area contributed by atoms with E-state index in [0.717, 1.165) is 24.6 Å². The van der Waals surface area contributed by atoms with Gasteiger partial charge in [0.1, 0.15) is 0 Å². The topological polar surface area (TPSA) is 21.3 Å². The molecule has 1 fully saturated rings. The fraction of sp³-hybridized carbons (Fsp3) is 0.538. The van der Waals surface area contributed by atoms with Gasteiger partial charge >= 0.3 is 0 Å². The molecule has 1 aromatic carbocycles. The van der Waals surface area contributed by atoms with E-state index in [9.17, 15) is 0 Å². The predicted molar refractivity (Wildman–Crippen MR) is 66.3 cm³/mol. The number of rotatable bonds is 1. The van der Waals surface area contributed by atoms with Crippen LogP contribution in [0.25, 0.3) is 0 Å². The third-order valence-corrected chi connectivity index (χ3v) is 3.83. The van der Waals surface area contributed by atoms with Crippen molar-refractivity contribution >= 4 is 17.3 Å². The second-order valence-corrected chi connectivity index (χ2v) is 5.04. The van der Waals surface area contributed by atoms with Crippen LogP contribution >= 0.6 is 11.6 Å². The molecule has 0 aromatic heterocycles. The Hall–Kier alpha value is -0.730. The molecule has 0 saturated carbocycles. The zero-order chi connectivity index (χ0) is 11.0. The van der Waals surface area contributed by atoms with Crippen LogP contribution in [0, 0.1) is 0 Å². The van der Waals surface area contributed by atoms with Crippen molar-refractivity contribution in [3.05, 3.63) is 28.8 Å². The molecule has 0 bridgehead atoms. The van der Waals surface area contributed by atoms with Crippen LogP contribution in [-0.4, -0.2) is 19.3 Å². The first-order valence-corrected chi connectivity index (χ1v) is 6.37. The molecule has 2 aliphatic heterocycles. The highest BCUT2D eigenvalue weighted by atomic mass is 35.5. The Kier molecular flexibility index (Phi) is 2.78. The van der Waals surface area contributed by atoms with Gasteiger partial charge in [0.2, 0.25) is 0 Å². The number of halogens is 1. The number of nitrogens with one attached hydrogen (secondary N) is 1. The molecule has 2 atom stereocenters. The molecule has 2 aliphatic rings. The van der Waals surface area contributed by atoms with Crippen molar-refractivity contribution in [3.8, 4) is 0 Å². The summed E-state index contributed by atoms with van der Waals surface area (Å²) < 4.78 is 5.82. The monoisotopic (exact) mass is 237 g/mol. The Bertz CT molecular complexity index is 388. The summed E-state index contributed by atoms with van der Waals surface area (Å²) in [5.74, 6) is 0.525. The SMILES string of the molecule is Clc1ccc2c(c1)C(C1CCCO1)CCN2. The lowest BCUT2D eigenvalue weighted by molar-refractivity contribution is 0.0861. The van der Waals surface area contributed by atoms with Crippen LogP contribution in [-0.2, 0) is 4.74 Å². The molecule has 2 heterocycles. The largest absolute Gasteiger partial charge is 0.385 e. The summed E-state index contributed by atoms with van der Waals surface area (Å²) in [6.07, 6.45) is 3.94. The normalized spacial score (nSPS) is 28.6. The lowest BCUT2D eigenvalue weighted by atomic mass is 9.85. The zero-order valence-electron chi connectivity index (χ0n) is 9.21. The molecule has 3 heteroatoms. The molecular formula is C13H16ClNO. The summed E-state index contributed by atoms with van der Waals surface area (Å²) in [6.45, 7) is 1.96. The molecular weight excluding hydrogens is 222 g/mol. The van der Waals surface area contributed by atoms with Gasteiger partial charge in [-0.05, 0) is 43.0 Å². The van der Waals surface area contributed by atoms with E-state index in [-0.39, 0.29) is 0 Å². The Labute approximate surface area is 101 Å². The third kappa shape index (κ3) is 1.80. The number of hydrogen-bond donors (Lipinski definition) is 1. The summed E-state index contributed by atoms with van der Waals surface area (Å²) in [6, 6.07) is 6.12. The van der Waals surface area contributed by atoms with E-state index in [1.807, 2.05) is 6.07 Å². The minimum atomic E-state index is 0.402. The Morgan fingerprint density at radius 2 is 2.25 bits per heavy atom. The molecule has 3 rings (SSSR count). The van der Waals surface area contributed by atoms with E-state index in [2.05, 4.69) is 17.4 Å². The Morgan fingerprint density at radius 3 is 3.06 bits per heavy atom. The summed E-state index contributed by atoms with van der Waals surface area (Å²) in [4.78, 5) is 0. The number of ether oxygens (including phenoxy) is 1. The number of fused-ring (bicyclic) bond motifs is 1. The van der Waals surface area contributed by atoms with Gasteiger partial charge in [0, 0.05) is 29.8 Å². The lowest BCUT2D eigenvalue weighted by Gasteiger charge is -2.30. The average Bonchev–Trinajstić information content (AvgIpc) is 2.81. The second kappa shape index (κ2) is 4.27. The van der Waals surface area contributed by atoms with Gasteiger partial charge in [-0.1, -0.05) is 11.6 Å². The van der Waals surface area contributed by atoms with Gasteiger partial charge in [-0.3, -0.25) is 0 Å². The standard InChI is InChI=1S/C13H16ClNO/c14-9-3-4-12-11(8-9)10(5-6-15-12)13-2-1-7-16-13/h3-4,8,10,13,15H,1-2,5-7H2. The molecule has 0 spiro atoms. The number of hydrogen-bond acceptors (Lipinski definition) is 2. The highest BCUT2D eigenvalue weighted by molar-refractivity contribution is 6.30. The van der Waals surface area contributed by atoms with E-state index in [1.165, 1.54) is 24.1 Å². The van der Waals surface area contributed by atoms with Crippen molar-refractivity contribution in [1.82, 2.24) is 0 Å². The van der Waals surface area contributed by atoms with Crippen LogP contribution in [0.5, 0.6) is 0 Å². The van der Waals surface area contributed by atoms with Crippen molar-refractivity contribution in [2.45, 2.75) is 31.3 Å². The molecule has 1 saturated heterocycles. The van der Waals surface area contributed by atoms with Crippen LogP contribution in [0.1, 0.15) is 30.7 Å². The molecule has 86 valence electrons. The Balaban J connectivity index is 1.94. The second-order valence-electron chi connectivity index (χ2n) is 4.60. The smallest absolute Gasteiger partial charge is 0.0645 e. The first kappa shape index (κ1) is 10.4. The van der Waals surface area contributed by atoms with Crippen LogP contribution in [0.2, 0.25) is 5.02 Å². The number of anilines is 1. The van der Waals surface area contributed by atoms with Gasteiger partial charge < -0.3 is 10.1 Å². The summed E-state index contributed by atoms with van der Waals surface area (Å²) >= 11 is 6.08. The molecule has 0 radical (unpaired) electrons. The minimum absolute atomic E-state index is 0.402. The quantitative estimate of drug-likeness (QED) is 0.808. The summed E-state index contributed by atoms with van der Waals surface area (Å²) in [5, 5.41) is 4.25. The Morgan fingerprint density at radius 1 is 1.31 bits per heavy atom. The van der Waals surface area contributed by atoms with Crippen molar-refractivity contribution < 1.29 is 4.74 Å². The maximum atomic E-state index is 6.08. The molecule has 2 nitrogen and oxygen atoms in total. The van der Waals surface area contributed by atoms with Crippen LogP contribution in [0.4, 0.5) is 5.69 Å². The molecule has 0 aliphatic carbocycles. The molecule has 2 unspecified atom stereocenters. The molecule has 1 aromatic rings. The summed E-state index contributed by atoms with van der Waals surface area (Å²) in [5.41, 5.74) is 2.57. The van der Waals surface area contributed by atoms with Gasteiger partial charge in [-0.25, -0.2) is 0 Å². The first-order valence-electron chi connectivity index (χ1n) is 5.99. The van der Waals surface area contributed by atoms with Crippen LogP contribution in [0.3, 0.4) is 0 Å². The van der Waals surface area contributed by atoms with Gasteiger partial charge in [0.25, 0.3) is 0 Å². The van der Waals surface area contributed by atoms with Gasteiger partial charge in [-0.2, -0.15) is 0 Å². The van der Waals surface area contributed by atoms with Crippen LogP contribution in [0.15, 0.2) is 18.2 Å². The highest BCUT2D eigenvalue weighted by Gasteiger charge is 2.30.